The van der Waals surface area contributed by atoms with Crippen molar-refractivity contribution < 1.29 is 4.74 Å². The summed E-state index contributed by atoms with van der Waals surface area (Å²) < 4.78 is 7.41. The lowest BCUT2D eigenvalue weighted by Crippen LogP contribution is -1.98. The molecule has 0 saturated carbocycles. The molecule has 0 bridgehead atoms. The Hall–Kier alpha value is -4.21. The van der Waals surface area contributed by atoms with E-state index in [2.05, 4.69) is 124 Å². The molecule has 1 aromatic heterocycles. The number of rotatable bonds is 3. The molecule has 6 aromatic rings. The SMILES string of the molecule is Brc1ccc(-c2ccc(-c3ccc(-c4ccc5c(c4)Oc4ccnc6cccc-5c46)cc3)cc2)cc1. The molecule has 2 heterocycles. The molecule has 0 aliphatic carbocycles. The largest absolute Gasteiger partial charge is 0.456 e. The summed E-state index contributed by atoms with van der Waals surface area (Å²) in [5.41, 5.74) is 10.4. The summed E-state index contributed by atoms with van der Waals surface area (Å²) >= 11 is 3.50. The van der Waals surface area contributed by atoms with Gasteiger partial charge in [0.1, 0.15) is 11.5 Å². The van der Waals surface area contributed by atoms with Crippen LogP contribution in [-0.4, -0.2) is 4.98 Å². The first-order valence-electron chi connectivity index (χ1n) is 11.9. The molecule has 36 heavy (non-hydrogen) atoms. The van der Waals surface area contributed by atoms with Crippen LogP contribution < -0.4 is 4.74 Å². The minimum atomic E-state index is 0.863. The van der Waals surface area contributed by atoms with Gasteiger partial charge in [0.05, 0.1) is 10.9 Å². The average Bonchev–Trinajstić information content (AvgIpc) is 2.94. The number of nitrogens with zero attached hydrogens (tertiary/aromatic N) is 1. The summed E-state index contributed by atoms with van der Waals surface area (Å²) in [7, 11) is 0. The van der Waals surface area contributed by atoms with Crippen LogP contribution in [0, 0.1) is 0 Å². The van der Waals surface area contributed by atoms with Crippen molar-refractivity contribution >= 4 is 26.8 Å². The lowest BCUT2D eigenvalue weighted by Gasteiger charge is -2.21. The fraction of sp³-hybridized carbons (Fsp3) is 0. The van der Waals surface area contributed by atoms with Crippen LogP contribution in [0.15, 0.2) is 126 Å². The van der Waals surface area contributed by atoms with Crippen LogP contribution in [0.4, 0.5) is 0 Å². The number of benzene rings is 5. The van der Waals surface area contributed by atoms with Gasteiger partial charge in [-0.3, -0.25) is 4.98 Å². The van der Waals surface area contributed by atoms with Crippen LogP contribution in [0.2, 0.25) is 0 Å². The second-order valence-corrected chi connectivity index (χ2v) is 9.90. The zero-order valence-electron chi connectivity index (χ0n) is 19.3. The predicted molar refractivity (Wildman–Crippen MR) is 151 cm³/mol. The minimum absolute atomic E-state index is 0.863. The number of hydrogen-bond acceptors (Lipinski definition) is 2. The van der Waals surface area contributed by atoms with Gasteiger partial charge in [-0.25, -0.2) is 0 Å². The van der Waals surface area contributed by atoms with Gasteiger partial charge in [0.15, 0.2) is 0 Å². The zero-order valence-corrected chi connectivity index (χ0v) is 20.9. The number of hydrogen-bond donors (Lipinski definition) is 0. The fourth-order valence-electron chi connectivity index (χ4n) is 4.96. The molecule has 0 atom stereocenters. The van der Waals surface area contributed by atoms with Gasteiger partial charge in [0.25, 0.3) is 0 Å². The van der Waals surface area contributed by atoms with Crippen LogP contribution in [0.3, 0.4) is 0 Å². The molecule has 170 valence electrons. The number of halogens is 1. The lowest BCUT2D eigenvalue weighted by atomic mass is 9.93. The van der Waals surface area contributed by atoms with Crippen molar-refractivity contribution in [2.75, 3.05) is 0 Å². The minimum Gasteiger partial charge on any atom is -0.456 e. The molecule has 0 spiro atoms. The van der Waals surface area contributed by atoms with Crippen LogP contribution in [0.1, 0.15) is 0 Å². The van der Waals surface area contributed by atoms with Gasteiger partial charge in [-0.1, -0.05) is 94.8 Å². The van der Waals surface area contributed by atoms with Crippen molar-refractivity contribution in [3.63, 3.8) is 0 Å². The van der Waals surface area contributed by atoms with E-state index >= 15 is 0 Å². The fourth-order valence-corrected chi connectivity index (χ4v) is 5.23. The second-order valence-electron chi connectivity index (χ2n) is 8.98. The van der Waals surface area contributed by atoms with Crippen LogP contribution in [-0.2, 0) is 0 Å². The molecule has 5 aromatic carbocycles. The van der Waals surface area contributed by atoms with Crippen molar-refractivity contribution in [1.82, 2.24) is 4.98 Å². The standard InChI is InChI=1S/C33H20BrNO/c34-27-15-12-24(13-16-27)23-6-4-21(5-7-23)22-8-10-25(11-9-22)26-14-17-28-29-2-1-3-30-33(29)31(18-19-35-30)36-32(28)20-26/h1-20H. The highest BCUT2D eigenvalue weighted by Gasteiger charge is 2.20. The first-order valence-corrected chi connectivity index (χ1v) is 12.7. The van der Waals surface area contributed by atoms with Gasteiger partial charge < -0.3 is 4.74 Å². The number of fused-ring (bicyclic) bond motifs is 2. The summed E-state index contributed by atoms with van der Waals surface area (Å²) in [6.07, 6.45) is 1.81. The van der Waals surface area contributed by atoms with Crippen molar-refractivity contribution in [2.24, 2.45) is 0 Å². The van der Waals surface area contributed by atoms with E-state index in [1.807, 2.05) is 12.1 Å². The smallest absolute Gasteiger partial charge is 0.139 e. The first kappa shape index (κ1) is 21.1. The molecule has 2 nitrogen and oxygen atoms in total. The van der Waals surface area contributed by atoms with Gasteiger partial charge >= 0.3 is 0 Å². The maximum Gasteiger partial charge on any atom is 0.139 e. The Morgan fingerprint density at radius 1 is 0.500 bits per heavy atom. The summed E-state index contributed by atoms with van der Waals surface area (Å²) in [4.78, 5) is 4.50. The molecular formula is C33H20BrNO. The highest BCUT2D eigenvalue weighted by molar-refractivity contribution is 9.10. The monoisotopic (exact) mass is 525 g/mol. The molecule has 0 saturated heterocycles. The van der Waals surface area contributed by atoms with Crippen LogP contribution >= 0.6 is 15.9 Å². The van der Waals surface area contributed by atoms with E-state index in [0.717, 1.165) is 43.6 Å². The van der Waals surface area contributed by atoms with E-state index < -0.39 is 0 Å². The predicted octanol–water partition coefficient (Wildman–Crippen LogP) is 9.77. The zero-order chi connectivity index (χ0) is 24.1. The van der Waals surface area contributed by atoms with Gasteiger partial charge in [-0.05, 0) is 75.3 Å². The van der Waals surface area contributed by atoms with Crippen molar-refractivity contribution in [3.8, 4) is 56.0 Å². The van der Waals surface area contributed by atoms with E-state index in [-0.39, 0.29) is 0 Å². The summed E-state index contributed by atoms with van der Waals surface area (Å²) in [6, 6.07) is 40.5. The van der Waals surface area contributed by atoms with E-state index in [4.69, 9.17) is 4.74 Å². The topological polar surface area (TPSA) is 22.1 Å². The maximum absolute atomic E-state index is 6.32. The Morgan fingerprint density at radius 3 is 1.69 bits per heavy atom. The Kier molecular flexibility index (Phi) is 4.97. The van der Waals surface area contributed by atoms with Crippen LogP contribution in [0.5, 0.6) is 11.5 Å². The Bertz CT molecular complexity index is 1730. The summed E-state index contributed by atoms with van der Waals surface area (Å²) in [5, 5.41) is 1.08. The van der Waals surface area contributed by atoms with E-state index in [1.165, 1.54) is 27.8 Å². The molecule has 0 radical (unpaired) electrons. The Balaban J connectivity index is 1.18. The highest BCUT2D eigenvalue weighted by atomic mass is 79.9. The van der Waals surface area contributed by atoms with Crippen LogP contribution in [0.25, 0.3) is 55.4 Å². The second kappa shape index (κ2) is 8.47. The van der Waals surface area contributed by atoms with E-state index in [1.54, 1.807) is 6.20 Å². The molecule has 1 aliphatic rings. The first-order chi connectivity index (χ1) is 17.7. The average molecular weight is 526 g/mol. The third-order valence-corrected chi connectivity index (χ3v) is 7.36. The van der Waals surface area contributed by atoms with Gasteiger partial charge in [-0.15, -0.1) is 0 Å². The molecule has 3 heteroatoms. The van der Waals surface area contributed by atoms with Gasteiger partial charge in [0, 0.05) is 16.2 Å². The molecular weight excluding hydrogens is 506 g/mol. The van der Waals surface area contributed by atoms with Gasteiger partial charge in [-0.2, -0.15) is 0 Å². The molecule has 0 amide bonds. The number of pyridine rings is 1. The summed E-state index contributed by atoms with van der Waals surface area (Å²) in [5.74, 6) is 1.74. The number of ether oxygens (including phenoxy) is 1. The molecule has 0 N–H and O–H groups in total. The molecule has 7 rings (SSSR count). The molecule has 0 fully saturated rings. The Morgan fingerprint density at radius 2 is 1.06 bits per heavy atom. The third-order valence-electron chi connectivity index (χ3n) is 6.83. The number of aromatic nitrogens is 1. The van der Waals surface area contributed by atoms with Gasteiger partial charge in [0.2, 0.25) is 0 Å². The molecule has 1 aliphatic heterocycles. The van der Waals surface area contributed by atoms with Crippen molar-refractivity contribution in [1.29, 1.82) is 0 Å². The van der Waals surface area contributed by atoms with E-state index in [0.29, 0.717) is 0 Å². The molecule has 0 unspecified atom stereocenters. The maximum atomic E-state index is 6.32. The normalized spacial score (nSPS) is 11.7. The van der Waals surface area contributed by atoms with Crippen molar-refractivity contribution in [2.45, 2.75) is 0 Å². The lowest BCUT2D eigenvalue weighted by molar-refractivity contribution is 0.487. The highest BCUT2D eigenvalue weighted by Crippen LogP contribution is 2.46. The Labute approximate surface area is 218 Å². The third kappa shape index (κ3) is 3.60. The van der Waals surface area contributed by atoms with E-state index in [9.17, 15) is 0 Å². The summed E-state index contributed by atoms with van der Waals surface area (Å²) in [6.45, 7) is 0. The van der Waals surface area contributed by atoms with Crippen molar-refractivity contribution in [3.05, 3.63) is 126 Å². The quantitative estimate of drug-likeness (QED) is 0.229.